The predicted molar refractivity (Wildman–Crippen MR) is 68.9 cm³/mol. The molecule has 0 amide bonds. The number of halogens is 1. The molecule has 2 aromatic heterocycles. The highest BCUT2D eigenvalue weighted by molar-refractivity contribution is 9.10. The number of aromatic amines is 1. The van der Waals surface area contributed by atoms with Crippen LogP contribution in [0.2, 0.25) is 0 Å². The van der Waals surface area contributed by atoms with Gasteiger partial charge in [-0.05, 0) is 34.3 Å². The number of nitrogens with one attached hydrogen (secondary N) is 2. The minimum atomic E-state index is -0.233. The molecule has 0 aromatic carbocycles. The van der Waals surface area contributed by atoms with Crippen LogP contribution in [0.4, 0.5) is 5.69 Å². The van der Waals surface area contributed by atoms with E-state index in [-0.39, 0.29) is 11.6 Å². The van der Waals surface area contributed by atoms with Crippen LogP contribution in [0, 0.1) is 0 Å². The number of nitrogens with zero attached hydrogens (tertiary/aromatic N) is 1. The van der Waals surface area contributed by atoms with E-state index in [0.29, 0.717) is 10.2 Å². The van der Waals surface area contributed by atoms with Crippen LogP contribution in [0.3, 0.4) is 0 Å². The smallest absolute Gasteiger partial charge is 0.280 e. The molecule has 0 aliphatic rings. The Labute approximate surface area is 105 Å². The third-order valence-electron chi connectivity index (χ3n) is 2.14. The van der Waals surface area contributed by atoms with Gasteiger partial charge in [0.25, 0.3) is 5.56 Å². The number of anilines is 1. The summed E-state index contributed by atoms with van der Waals surface area (Å²) >= 11 is 4.91. The van der Waals surface area contributed by atoms with Gasteiger partial charge in [-0.3, -0.25) is 4.79 Å². The van der Waals surface area contributed by atoms with Crippen LogP contribution in [0.5, 0.6) is 0 Å². The lowest BCUT2D eigenvalue weighted by Crippen LogP contribution is -2.13. The fourth-order valence-corrected chi connectivity index (χ4v) is 2.37. The summed E-state index contributed by atoms with van der Waals surface area (Å²) < 4.78 is 0.478. The number of hydrogen-bond acceptors (Lipinski definition) is 4. The van der Waals surface area contributed by atoms with Crippen molar-refractivity contribution >= 4 is 33.0 Å². The van der Waals surface area contributed by atoms with Gasteiger partial charge < -0.3 is 5.32 Å². The largest absolute Gasteiger partial charge is 0.375 e. The molecule has 2 rings (SSSR count). The first-order valence-electron chi connectivity index (χ1n) is 4.71. The van der Waals surface area contributed by atoms with E-state index in [2.05, 4.69) is 37.5 Å². The van der Waals surface area contributed by atoms with Crippen LogP contribution in [-0.4, -0.2) is 10.2 Å². The van der Waals surface area contributed by atoms with E-state index in [1.165, 1.54) is 4.88 Å². The zero-order valence-electron chi connectivity index (χ0n) is 8.53. The third kappa shape index (κ3) is 2.33. The summed E-state index contributed by atoms with van der Waals surface area (Å²) in [5.41, 5.74) is 0.466. The molecule has 0 saturated heterocycles. The van der Waals surface area contributed by atoms with Gasteiger partial charge in [0.1, 0.15) is 4.47 Å². The van der Waals surface area contributed by atoms with Crippen LogP contribution < -0.4 is 10.9 Å². The molecule has 0 fully saturated rings. The summed E-state index contributed by atoms with van der Waals surface area (Å²) in [7, 11) is 0. The number of rotatable bonds is 3. The molecular weight excluding hydrogens is 290 g/mol. The van der Waals surface area contributed by atoms with Crippen LogP contribution in [-0.2, 0) is 0 Å². The van der Waals surface area contributed by atoms with Gasteiger partial charge in [0.05, 0.1) is 17.9 Å². The van der Waals surface area contributed by atoms with Crippen molar-refractivity contribution in [2.75, 3.05) is 5.32 Å². The molecule has 2 heterocycles. The van der Waals surface area contributed by atoms with Crippen molar-refractivity contribution < 1.29 is 0 Å². The average molecular weight is 300 g/mol. The van der Waals surface area contributed by atoms with Crippen LogP contribution in [0.15, 0.2) is 33.0 Å². The summed E-state index contributed by atoms with van der Waals surface area (Å²) in [4.78, 5) is 12.5. The fourth-order valence-electron chi connectivity index (χ4n) is 1.33. The van der Waals surface area contributed by atoms with Gasteiger partial charge in [-0.1, -0.05) is 6.07 Å². The van der Waals surface area contributed by atoms with Crippen molar-refractivity contribution in [3.8, 4) is 0 Å². The second-order valence-corrected chi connectivity index (χ2v) is 5.08. The first-order chi connectivity index (χ1) is 7.68. The highest BCUT2D eigenvalue weighted by Crippen LogP contribution is 2.25. The molecular formula is C10H10BrN3OS. The lowest BCUT2D eigenvalue weighted by molar-refractivity contribution is 0.890. The molecule has 1 atom stereocenters. The maximum Gasteiger partial charge on any atom is 0.280 e. The molecule has 84 valence electrons. The molecule has 2 aromatic rings. The Bertz CT molecular complexity index is 523. The first kappa shape index (κ1) is 11.3. The maximum absolute atomic E-state index is 11.3. The van der Waals surface area contributed by atoms with Crippen LogP contribution in [0.25, 0.3) is 0 Å². The Kier molecular flexibility index (Phi) is 3.40. The zero-order chi connectivity index (χ0) is 11.5. The quantitative estimate of drug-likeness (QED) is 0.916. The summed E-state index contributed by atoms with van der Waals surface area (Å²) in [5.74, 6) is 0. The van der Waals surface area contributed by atoms with E-state index in [0.717, 1.165) is 0 Å². The highest BCUT2D eigenvalue weighted by atomic mass is 79.9. The molecule has 2 N–H and O–H groups in total. The molecule has 0 bridgehead atoms. The Morgan fingerprint density at radius 1 is 1.62 bits per heavy atom. The summed E-state index contributed by atoms with van der Waals surface area (Å²) in [5, 5.41) is 11.4. The second kappa shape index (κ2) is 4.80. The van der Waals surface area contributed by atoms with Crippen molar-refractivity contribution in [2.24, 2.45) is 0 Å². The monoisotopic (exact) mass is 299 g/mol. The van der Waals surface area contributed by atoms with Gasteiger partial charge in [0.2, 0.25) is 0 Å². The number of hydrogen-bond donors (Lipinski definition) is 2. The molecule has 6 heteroatoms. The van der Waals surface area contributed by atoms with Gasteiger partial charge in [-0.25, -0.2) is 5.10 Å². The SMILES string of the molecule is CC(Nc1cn[nH]c(=O)c1Br)c1cccs1. The second-order valence-electron chi connectivity index (χ2n) is 3.31. The van der Waals surface area contributed by atoms with E-state index < -0.39 is 0 Å². The number of H-pyrrole nitrogens is 1. The Hall–Kier alpha value is -1.14. The van der Waals surface area contributed by atoms with E-state index >= 15 is 0 Å². The standard InChI is InChI=1S/C10H10BrN3OS/c1-6(8-3-2-4-16-8)13-7-5-12-14-10(15)9(7)11/h2-6H,1H3,(H2,13,14,15). The summed E-state index contributed by atoms with van der Waals surface area (Å²) in [6.45, 7) is 2.04. The van der Waals surface area contributed by atoms with E-state index in [9.17, 15) is 4.79 Å². The third-order valence-corrected chi connectivity index (χ3v) is 3.98. The summed E-state index contributed by atoms with van der Waals surface area (Å²) in [6.07, 6.45) is 1.59. The van der Waals surface area contributed by atoms with E-state index in [1.807, 2.05) is 18.4 Å². The molecule has 0 saturated carbocycles. The van der Waals surface area contributed by atoms with Crippen molar-refractivity contribution in [1.29, 1.82) is 0 Å². The minimum Gasteiger partial charge on any atom is -0.375 e. The zero-order valence-corrected chi connectivity index (χ0v) is 10.9. The normalized spacial score (nSPS) is 12.4. The van der Waals surface area contributed by atoms with Crippen molar-refractivity contribution in [2.45, 2.75) is 13.0 Å². The Morgan fingerprint density at radius 3 is 3.12 bits per heavy atom. The van der Waals surface area contributed by atoms with Crippen LogP contribution in [0.1, 0.15) is 17.8 Å². The minimum absolute atomic E-state index is 0.153. The number of aromatic nitrogens is 2. The van der Waals surface area contributed by atoms with Crippen molar-refractivity contribution in [3.05, 3.63) is 43.4 Å². The van der Waals surface area contributed by atoms with Gasteiger partial charge in [-0.2, -0.15) is 5.10 Å². The van der Waals surface area contributed by atoms with E-state index in [4.69, 9.17) is 0 Å². The summed E-state index contributed by atoms with van der Waals surface area (Å²) in [6, 6.07) is 4.21. The molecule has 0 spiro atoms. The van der Waals surface area contributed by atoms with Crippen molar-refractivity contribution in [1.82, 2.24) is 10.2 Å². The molecule has 16 heavy (non-hydrogen) atoms. The van der Waals surface area contributed by atoms with E-state index in [1.54, 1.807) is 17.5 Å². The molecule has 0 aliphatic carbocycles. The maximum atomic E-state index is 11.3. The fraction of sp³-hybridized carbons (Fsp3) is 0.200. The lowest BCUT2D eigenvalue weighted by Gasteiger charge is -2.13. The highest BCUT2D eigenvalue weighted by Gasteiger charge is 2.10. The Balaban J connectivity index is 2.21. The average Bonchev–Trinajstić information content (AvgIpc) is 2.78. The molecule has 4 nitrogen and oxygen atoms in total. The predicted octanol–water partition coefficient (Wildman–Crippen LogP) is 2.77. The topological polar surface area (TPSA) is 57.8 Å². The van der Waals surface area contributed by atoms with Gasteiger partial charge in [-0.15, -0.1) is 11.3 Å². The first-order valence-corrected chi connectivity index (χ1v) is 6.39. The van der Waals surface area contributed by atoms with Gasteiger partial charge >= 0.3 is 0 Å². The molecule has 0 aliphatic heterocycles. The van der Waals surface area contributed by atoms with Crippen LogP contribution >= 0.6 is 27.3 Å². The molecule has 1 unspecified atom stereocenters. The molecule has 0 radical (unpaired) electrons. The van der Waals surface area contributed by atoms with Gasteiger partial charge in [0.15, 0.2) is 0 Å². The number of thiophene rings is 1. The lowest BCUT2D eigenvalue weighted by atomic mass is 10.2. The van der Waals surface area contributed by atoms with Gasteiger partial charge in [0, 0.05) is 4.88 Å². The Morgan fingerprint density at radius 2 is 2.44 bits per heavy atom. The van der Waals surface area contributed by atoms with Crippen molar-refractivity contribution in [3.63, 3.8) is 0 Å².